The topological polar surface area (TPSA) is 88.9 Å². The molecule has 7 heteroatoms. The van der Waals surface area contributed by atoms with Gasteiger partial charge in [-0.3, -0.25) is 9.59 Å². The Balaban J connectivity index is 1.85. The summed E-state index contributed by atoms with van der Waals surface area (Å²) in [6.07, 6.45) is 5.75. The normalized spacial score (nSPS) is 14.8. The average molecular weight is 352 g/mol. The minimum absolute atomic E-state index is 0.161. The number of nitrogens with one attached hydrogen (secondary N) is 2. The minimum atomic E-state index is -0.560. The van der Waals surface area contributed by atoms with Crippen molar-refractivity contribution in [3.63, 3.8) is 0 Å². The molecular formula is C19H20N4O3. The number of fused-ring (bicyclic) bond motifs is 1. The Kier molecular flexibility index (Phi) is 3.99. The molecule has 2 aromatic heterocycles. The zero-order valence-electron chi connectivity index (χ0n) is 14.5. The number of aromatic amines is 1. The van der Waals surface area contributed by atoms with E-state index in [4.69, 9.17) is 0 Å². The molecule has 2 heterocycles. The van der Waals surface area contributed by atoms with Crippen LogP contribution in [0.15, 0.2) is 46.1 Å². The molecule has 1 aromatic carbocycles. The first-order valence-corrected chi connectivity index (χ1v) is 8.77. The molecular weight excluding hydrogens is 332 g/mol. The van der Waals surface area contributed by atoms with Crippen LogP contribution in [0.4, 0.5) is 0 Å². The molecule has 3 aromatic rings. The fourth-order valence-corrected chi connectivity index (χ4v) is 3.69. The number of aromatic nitrogens is 3. The molecule has 0 bridgehead atoms. The van der Waals surface area contributed by atoms with E-state index in [9.17, 15) is 14.4 Å². The molecule has 7 nitrogen and oxygen atoms in total. The lowest BCUT2D eigenvalue weighted by atomic mass is 10.2. The molecule has 134 valence electrons. The van der Waals surface area contributed by atoms with Crippen molar-refractivity contribution >= 4 is 16.9 Å². The number of carbonyl (C=O) groups is 1. The molecule has 1 aliphatic carbocycles. The number of aryl methyl sites for hydroxylation is 1. The smallest absolute Gasteiger partial charge is 0.333 e. The molecule has 1 aliphatic rings. The largest absolute Gasteiger partial charge is 0.349 e. The second-order valence-electron chi connectivity index (χ2n) is 6.74. The van der Waals surface area contributed by atoms with Crippen LogP contribution in [0.3, 0.4) is 0 Å². The van der Waals surface area contributed by atoms with E-state index in [-0.39, 0.29) is 17.5 Å². The Labute approximate surface area is 149 Å². The highest BCUT2D eigenvalue weighted by molar-refractivity contribution is 6.05. The van der Waals surface area contributed by atoms with Crippen molar-refractivity contribution in [3.05, 3.63) is 62.9 Å². The van der Waals surface area contributed by atoms with Crippen LogP contribution in [0.25, 0.3) is 16.7 Å². The van der Waals surface area contributed by atoms with Crippen molar-refractivity contribution in [3.8, 4) is 5.69 Å². The maximum Gasteiger partial charge on any atom is 0.333 e. The molecule has 1 amide bonds. The number of benzene rings is 1. The van der Waals surface area contributed by atoms with Crippen molar-refractivity contribution in [2.75, 3.05) is 0 Å². The number of rotatable bonds is 3. The van der Waals surface area contributed by atoms with E-state index >= 15 is 0 Å². The van der Waals surface area contributed by atoms with Crippen LogP contribution in [0, 0.1) is 0 Å². The fraction of sp³-hybridized carbons (Fsp3) is 0.316. The quantitative estimate of drug-likeness (QED) is 0.752. The van der Waals surface area contributed by atoms with Gasteiger partial charge in [-0.25, -0.2) is 9.36 Å². The summed E-state index contributed by atoms with van der Waals surface area (Å²) in [7, 11) is 1.70. The summed E-state index contributed by atoms with van der Waals surface area (Å²) in [6, 6.07) is 8.88. The van der Waals surface area contributed by atoms with Gasteiger partial charge in [-0.05, 0) is 25.0 Å². The Bertz CT molecular complexity index is 1090. The average Bonchev–Trinajstić information content (AvgIpc) is 3.23. The zero-order valence-corrected chi connectivity index (χ0v) is 14.5. The van der Waals surface area contributed by atoms with Gasteiger partial charge in [0, 0.05) is 19.3 Å². The van der Waals surface area contributed by atoms with Gasteiger partial charge in [-0.15, -0.1) is 0 Å². The number of hydrogen-bond acceptors (Lipinski definition) is 3. The Morgan fingerprint density at radius 1 is 1.15 bits per heavy atom. The molecule has 0 radical (unpaired) electrons. The SMILES string of the molecule is Cn1cc(C(=O)NC2CCCC2)c2[nH]c(=O)n(-c3ccccc3)c(=O)c21. The van der Waals surface area contributed by atoms with Crippen LogP contribution in [-0.2, 0) is 7.05 Å². The van der Waals surface area contributed by atoms with E-state index in [2.05, 4.69) is 10.3 Å². The van der Waals surface area contributed by atoms with E-state index in [0.29, 0.717) is 16.8 Å². The molecule has 1 fully saturated rings. The summed E-state index contributed by atoms with van der Waals surface area (Å²) in [5, 5.41) is 3.00. The van der Waals surface area contributed by atoms with Gasteiger partial charge in [-0.1, -0.05) is 31.0 Å². The number of H-pyrrole nitrogens is 1. The predicted octanol–water partition coefficient (Wildman–Crippen LogP) is 1.69. The van der Waals surface area contributed by atoms with Crippen molar-refractivity contribution < 1.29 is 4.79 Å². The molecule has 0 saturated heterocycles. The molecule has 0 aliphatic heterocycles. The Morgan fingerprint density at radius 2 is 1.85 bits per heavy atom. The van der Waals surface area contributed by atoms with Gasteiger partial charge < -0.3 is 14.9 Å². The van der Waals surface area contributed by atoms with E-state index in [1.54, 1.807) is 42.1 Å². The number of nitrogens with zero attached hydrogens (tertiary/aromatic N) is 2. The van der Waals surface area contributed by atoms with Crippen molar-refractivity contribution in [2.24, 2.45) is 7.05 Å². The third-order valence-electron chi connectivity index (χ3n) is 4.97. The van der Waals surface area contributed by atoms with Crippen LogP contribution >= 0.6 is 0 Å². The highest BCUT2D eigenvalue weighted by Gasteiger charge is 2.23. The van der Waals surface area contributed by atoms with Crippen LogP contribution in [0.5, 0.6) is 0 Å². The zero-order chi connectivity index (χ0) is 18.3. The van der Waals surface area contributed by atoms with Crippen molar-refractivity contribution in [1.29, 1.82) is 0 Å². The maximum atomic E-state index is 12.9. The number of para-hydroxylation sites is 1. The van der Waals surface area contributed by atoms with Crippen LogP contribution in [0.1, 0.15) is 36.0 Å². The second kappa shape index (κ2) is 6.33. The highest BCUT2D eigenvalue weighted by atomic mass is 16.2. The third kappa shape index (κ3) is 2.65. The maximum absolute atomic E-state index is 12.9. The summed E-state index contributed by atoms with van der Waals surface area (Å²) in [4.78, 5) is 40.9. The first kappa shape index (κ1) is 16.4. The molecule has 1 saturated carbocycles. The second-order valence-corrected chi connectivity index (χ2v) is 6.74. The van der Waals surface area contributed by atoms with Gasteiger partial charge in [-0.2, -0.15) is 0 Å². The number of carbonyl (C=O) groups excluding carboxylic acids is 1. The molecule has 4 rings (SSSR count). The van der Waals surface area contributed by atoms with E-state index in [1.807, 2.05) is 6.07 Å². The summed E-state index contributed by atoms with van der Waals surface area (Å²) < 4.78 is 2.68. The highest BCUT2D eigenvalue weighted by Crippen LogP contribution is 2.20. The molecule has 0 atom stereocenters. The third-order valence-corrected chi connectivity index (χ3v) is 4.97. The lowest BCUT2D eigenvalue weighted by Crippen LogP contribution is -2.35. The fourth-order valence-electron chi connectivity index (χ4n) is 3.69. The van der Waals surface area contributed by atoms with Gasteiger partial charge in [0.15, 0.2) is 0 Å². The van der Waals surface area contributed by atoms with Gasteiger partial charge >= 0.3 is 5.69 Å². The van der Waals surface area contributed by atoms with Gasteiger partial charge in [0.05, 0.1) is 16.8 Å². The van der Waals surface area contributed by atoms with E-state index in [0.717, 1.165) is 30.3 Å². The van der Waals surface area contributed by atoms with Crippen LogP contribution in [0.2, 0.25) is 0 Å². The number of hydrogen-bond donors (Lipinski definition) is 2. The lowest BCUT2D eigenvalue weighted by Gasteiger charge is -2.11. The van der Waals surface area contributed by atoms with Crippen LogP contribution < -0.4 is 16.6 Å². The monoisotopic (exact) mass is 352 g/mol. The van der Waals surface area contributed by atoms with Crippen molar-refractivity contribution in [1.82, 2.24) is 19.4 Å². The van der Waals surface area contributed by atoms with Gasteiger partial charge in [0.2, 0.25) is 0 Å². The van der Waals surface area contributed by atoms with Gasteiger partial charge in [0.1, 0.15) is 5.52 Å². The van der Waals surface area contributed by atoms with E-state index < -0.39 is 11.2 Å². The summed E-state index contributed by atoms with van der Waals surface area (Å²) >= 11 is 0. The molecule has 0 spiro atoms. The minimum Gasteiger partial charge on any atom is -0.349 e. The first-order chi connectivity index (χ1) is 12.6. The summed E-state index contributed by atoms with van der Waals surface area (Å²) in [5.74, 6) is -0.255. The first-order valence-electron chi connectivity index (χ1n) is 8.77. The molecule has 2 N–H and O–H groups in total. The molecule has 26 heavy (non-hydrogen) atoms. The standard InChI is InChI=1S/C19H20N4O3/c1-22-11-14(17(24)20-12-7-5-6-8-12)15-16(22)18(25)23(19(26)21-15)13-9-3-2-4-10-13/h2-4,9-12H,5-8H2,1H3,(H,20,24)(H,21,26). The van der Waals surface area contributed by atoms with Crippen LogP contribution in [-0.4, -0.2) is 26.1 Å². The van der Waals surface area contributed by atoms with E-state index in [1.165, 1.54) is 0 Å². The summed E-state index contributed by atoms with van der Waals surface area (Å²) in [6.45, 7) is 0. The molecule has 0 unspecified atom stereocenters. The number of amides is 1. The predicted molar refractivity (Wildman–Crippen MR) is 98.9 cm³/mol. The lowest BCUT2D eigenvalue weighted by molar-refractivity contribution is 0.0939. The summed E-state index contributed by atoms with van der Waals surface area (Å²) in [5.41, 5.74) is 0.380. The van der Waals surface area contributed by atoms with Gasteiger partial charge in [0.25, 0.3) is 11.5 Å². The Hall–Kier alpha value is -3.09. The van der Waals surface area contributed by atoms with Crippen molar-refractivity contribution in [2.45, 2.75) is 31.7 Å². The Morgan fingerprint density at radius 3 is 2.54 bits per heavy atom.